The molecular weight excluding hydrogens is 374 g/mol. The van der Waals surface area contributed by atoms with Crippen LogP contribution in [0.15, 0.2) is 70.0 Å². The van der Waals surface area contributed by atoms with E-state index in [1.807, 2.05) is 6.07 Å². The normalized spacial score (nSPS) is 11.3. The number of carbonyl (C=O) groups is 1. The second-order valence-electron chi connectivity index (χ2n) is 5.53. The Bertz CT molecular complexity index is 1060. The fraction of sp³-hybridized carbons (Fsp3) is 0.105. The van der Waals surface area contributed by atoms with Gasteiger partial charge in [0.05, 0.1) is 15.7 Å². The Morgan fingerprint density at radius 2 is 1.85 bits per heavy atom. The highest BCUT2D eigenvalue weighted by atomic mass is 35.5. The first-order chi connectivity index (χ1) is 12.4. The lowest BCUT2D eigenvalue weighted by molar-refractivity contribution is 0.0997. The van der Waals surface area contributed by atoms with Crippen LogP contribution in [0.5, 0.6) is 0 Å². The van der Waals surface area contributed by atoms with Gasteiger partial charge in [-0.1, -0.05) is 36.7 Å². The molecule has 1 N–H and O–H groups in total. The molecule has 0 saturated carbocycles. The predicted molar refractivity (Wildman–Crippen MR) is 101 cm³/mol. The van der Waals surface area contributed by atoms with Gasteiger partial charge in [0.15, 0.2) is 15.6 Å². The van der Waals surface area contributed by atoms with Gasteiger partial charge in [-0.3, -0.25) is 4.79 Å². The first kappa shape index (κ1) is 18.2. The molecule has 3 rings (SSSR count). The molecule has 1 heterocycles. The minimum absolute atomic E-state index is 0.0101. The Morgan fingerprint density at radius 1 is 1.08 bits per heavy atom. The van der Waals surface area contributed by atoms with Crippen molar-refractivity contribution >= 4 is 33.0 Å². The van der Waals surface area contributed by atoms with Crippen LogP contribution in [-0.4, -0.2) is 20.1 Å². The number of nitrogens with one attached hydrogen (secondary N) is 1. The zero-order valence-corrected chi connectivity index (χ0v) is 15.5. The Kier molecular flexibility index (Phi) is 5.15. The molecule has 5 nitrogen and oxygen atoms in total. The second-order valence-corrected chi connectivity index (χ2v) is 8.21. The fourth-order valence-electron chi connectivity index (χ4n) is 2.39. The minimum atomic E-state index is -3.35. The molecule has 0 bridgehead atoms. The van der Waals surface area contributed by atoms with Crippen LogP contribution >= 0.6 is 11.6 Å². The summed E-state index contributed by atoms with van der Waals surface area (Å²) in [7, 11) is -3.35. The molecule has 3 aromatic rings. The average molecular weight is 390 g/mol. The van der Waals surface area contributed by atoms with E-state index in [0.717, 1.165) is 0 Å². The quantitative estimate of drug-likeness (QED) is 0.689. The summed E-state index contributed by atoms with van der Waals surface area (Å²) >= 11 is 6.13. The Hall–Kier alpha value is -2.57. The van der Waals surface area contributed by atoms with Gasteiger partial charge >= 0.3 is 0 Å². The molecule has 0 aliphatic heterocycles. The summed E-state index contributed by atoms with van der Waals surface area (Å²) in [6, 6.07) is 16.5. The number of sulfone groups is 1. The largest absolute Gasteiger partial charge is 0.451 e. The maximum Gasteiger partial charge on any atom is 0.291 e. The monoisotopic (exact) mass is 389 g/mol. The van der Waals surface area contributed by atoms with Crippen molar-refractivity contribution in [2.75, 3.05) is 11.1 Å². The maximum absolute atomic E-state index is 12.4. The third-order valence-corrected chi connectivity index (χ3v) is 5.86. The lowest BCUT2D eigenvalue weighted by Crippen LogP contribution is -2.11. The van der Waals surface area contributed by atoms with E-state index in [4.69, 9.17) is 16.0 Å². The number of hydrogen-bond acceptors (Lipinski definition) is 4. The van der Waals surface area contributed by atoms with Crippen LogP contribution in [0.2, 0.25) is 5.02 Å². The van der Waals surface area contributed by atoms with E-state index in [2.05, 4.69) is 5.32 Å². The standard InChI is InChI=1S/C19H16ClNO4S/c1-2-26(23,24)14-7-5-6-13(12-14)21-19(22)18-11-10-17(25-18)15-8-3-4-9-16(15)20/h3-12H,2H2,1H3,(H,21,22). The van der Waals surface area contributed by atoms with Gasteiger partial charge in [0.1, 0.15) is 5.76 Å². The van der Waals surface area contributed by atoms with Crippen molar-refractivity contribution in [1.82, 2.24) is 0 Å². The van der Waals surface area contributed by atoms with Gasteiger partial charge in [-0.25, -0.2) is 8.42 Å². The number of rotatable bonds is 5. The molecule has 134 valence electrons. The molecule has 2 aromatic carbocycles. The van der Waals surface area contributed by atoms with E-state index in [0.29, 0.717) is 22.0 Å². The summed E-state index contributed by atoms with van der Waals surface area (Å²) in [5.74, 6) is 0.0881. The molecule has 0 unspecified atom stereocenters. The first-order valence-corrected chi connectivity index (χ1v) is 9.92. The van der Waals surface area contributed by atoms with Crippen LogP contribution in [0, 0.1) is 0 Å². The van der Waals surface area contributed by atoms with E-state index in [-0.39, 0.29) is 16.4 Å². The van der Waals surface area contributed by atoms with Crippen LogP contribution in [0.4, 0.5) is 5.69 Å². The lowest BCUT2D eigenvalue weighted by atomic mass is 10.2. The number of amides is 1. The number of hydrogen-bond donors (Lipinski definition) is 1. The van der Waals surface area contributed by atoms with Gasteiger partial charge < -0.3 is 9.73 Å². The van der Waals surface area contributed by atoms with Gasteiger partial charge in [-0.05, 0) is 42.5 Å². The number of anilines is 1. The van der Waals surface area contributed by atoms with Crippen molar-refractivity contribution in [3.63, 3.8) is 0 Å². The molecule has 0 radical (unpaired) electrons. The lowest BCUT2D eigenvalue weighted by Gasteiger charge is -2.06. The number of furan rings is 1. The third-order valence-electron chi connectivity index (χ3n) is 3.80. The van der Waals surface area contributed by atoms with E-state index >= 15 is 0 Å². The molecular formula is C19H16ClNO4S. The van der Waals surface area contributed by atoms with Crippen LogP contribution in [0.1, 0.15) is 17.5 Å². The van der Waals surface area contributed by atoms with Crippen LogP contribution in [0.3, 0.4) is 0 Å². The maximum atomic E-state index is 12.4. The molecule has 0 spiro atoms. The molecule has 0 saturated heterocycles. The van der Waals surface area contributed by atoms with E-state index in [1.165, 1.54) is 12.1 Å². The fourth-order valence-corrected chi connectivity index (χ4v) is 3.55. The second kappa shape index (κ2) is 7.35. The predicted octanol–water partition coefficient (Wildman–Crippen LogP) is 4.65. The number of halogens is 1. The summed E-state index contributed by atoms with van der Waals surface area (Å²) < 4.78 is 29.5. The summed E-state index contributed by atoms with van der Waals surface area (Å²) in [5, 5.41) is 3.16. The van der Waals surface area contributed by atoms with Gasteiger partial charge in [-0.2, -0.15) is 0 Å². The van der Waals surface area contributed by atoms with Gasteiger partial charge in [-0.15, -0.1) is 0 Å². The van der Waals surface area contributed by atoms with Crippen molar-refractivity contribution in [1.29, 1.82) is 0 Å². The third kappa shape index (κ3) is 3.81. The molecule has 7 heteroatoms. The molecule has 26 heavy (non-hydrogen) atoms. The van der Waals surface area contributed by atoms with Crippen LogP contribution in [0.25, 0.3) is 11.3 Å². The van der Waals surface area contributed by atoms with Gasteiger partial charge in [0, 0.05) is 11.3 Å². The highest BCUT2D eigenvalue weighted by Crippen LogP contribution is 2.29. The molecule has 0 atom stereocenters. The number of benzene rings is 2. The molecule has 1 amide bonds. The van der Waals surface area contributed by atoms with Crippen molar-refractivity contribution in [2.45, 2.75) is 11.8 Å². The summed E-state index contributed by atoms with van der Waals surface area (Å²) in [4.78, 5) is 12.5. The van der Waals surface area contributed by atoms with E-state index in [1.54, 1.807) is 49.4 Å². The van der Waals surface area contributed by atoms with Crippen molar-refractivity contribution in [2.24, 2.45) is 0 Å². The zero-order chi connectivity index (χ0) is 18.7. The Labute approximate surface area is 156 Å². The average Bonchev–Trinajstić information content (AvgIpc) is 3.12. The van der Waals surface area contributed by atoms with E-state index < -0.39 is 15.7 Å². The highest BCUT2D eigenvalue weighted by molar-refractivity contribution is 7.91. The number of carbonyl (C=O) groups excluding carboxylic acids is 1. The van der Waals surface area contributed by atoms with Crippen molar-refractivity contribution in [3.8, 4) is 11.3 Å². The topological polar surface area (TPSA) is 76.4 Å². The molecule has 0 fully saturated rings. The summed E-state index contributed by atoms with van der Waals surface area (Å²) in [6.45, 7) is 1.57. The van der Waals surface area contributed by atoms with Gasteiger partial charge in [0.25, 0.3) is 5.91 Å². The minimum Gasteiger partial charge on any atom is -0.451 e. The van der Waals surface area contributed by atoms with Crippen LogP contribution in [-0.2, 0) is 9.84 Å². The van der Waals surface area contributed by atoms with Gasteiger partial charge in [0.2, 0.25) is 0 Å². The smallest absolute Gasteiger partial charge is 0.291 e. The van der Waals surface area contributed by atoms with E-state index in [9.17, 15) is 13.2 Å². The Morgan fingerprint density at radius 3 is 2.58 bits per heavy atom. The van der Waals surface area contributed by atoms with Crippen molar-refractivity contribution < 1.29 is 17.6 Å². The highest BCUT2D eigenvalue weighted by Gasteiger charge is 2.16. The summed E-state index contributed by atoms with van der Waals surface area (Å²) in [5.41, 5.74) is 1.06. The Balaban J connectivity index is 1.82. The molecule has 1 aromatic heterocycles. The van der Waals surface area contributed by atoms with Crippen molar-refractivity contribution in [3.05, 3.63) is 71.4 Å². The SMILES string of the molecule is CCS(=O)(=O)c1cccc(NC(=O)c2ccc(-c3ccccc3Cl)o2)c1. The molecule has 0 aliphatic rings. The summed E-state index contributed by atoms with van der Waals surface area (Å²) in [6.07, 6.45) is 0. The molecule has 0 aliphatic carbocycles. The first-order valence-electron chi connectivity index (χ1n) is 7.89. The van der Waals surface area contributed by atoms with Crippen LogP contribution < -0.4 is 5.32 Å². The zero-order valence-electron chi connectivity index (χ0n) is 13.9.